The van der Waals surface area contributed by atoms with Gasteiger partial charge in [-0.2, -0.15) is 4.98 Å². The Morgan fingerprint density at radius 3 is 3.00 bits per heavy atom. The fourth-order valence-corrected chi connectivity index (χ4v) is 2.69. The van der Waals surface area contributed by atoms with E-state index in [0.29, 0.717) is 44.3 Å². The Bertz CT molecular complexity index is 693. The van der Waals surface area contributed by atoms with Crippen molar-refractivity contribution >= 4 is 5.91 Å². The number of hydrogen-bond donors (Lipinski definition) is 1. The van der Waals surface area contributed by atoms with E-state index in [9.17, 15) is 4.79 Å². The van der Waals surface area contributed by atoms with E-state index in [-0.39, 0.29) is 17.9 Å². The molecule has 0 saturated carbocycles. The summed E-state index contributed by atoms with van der Waals surface area (Å²) in [7, 11) is 0. The van der Waals surface area contributed by atoms with Gasteiger partial charge in [-0.05, 0) is 6.92 Å². The third-order valence-electron chi connectivity index (χ3n) is 4.04. The maximum absolute atomic E-state index is 12.6. The van der Waals surface area contributed by atoms with Gasteiger partial charge < -0.3 is 19.1 Å². The second kappa shape index (κ2) is 7.12. The van der Waals surface area contributed by atoms with Gasteiger partial charge in [0.15, 0.2) is 5.82 Å². The molecule has 8 heteroatoms. The highest BCUT2D eigenvalue weighted by Gasteiger charge is 2.30. The Hall–Kier alpha value is -2.22. The number of H-pyrrole nitrogens is 1. The average Bonchev–Trinajstić information content (AvgIpc) is 3.21. The lowest BCUT2D eigenvalue weighted by molar-refractivity contribution is -0.140. The average molecular weight is 333 g/mol. The van der Waals surface area contributed by atoms with Crippen molar-refractivity contribution < 1.29 is 14.1 Å². The molecule has 1 fully saturated rings. The molecule has 3 rings (SSSR count). The van der Waals surface area contributed by atoms with E-state index in [1.165, 1.54) is 0 Å². The first-order valence-corrected chi connectivity index (χ1v) is 8.25. The van der Waals surface area contributed by atoms with Gasteiger partial charge in [0.2, 0.25) is 11.8 Å². The Kier molecular flexibility index (Phi) is 4.94. The van der Waals surface area contributed by atoms with Crippen LogP contribution >= 0.6 is 0 Å². The smallest absolute Gasteiger partial charge is 0.227 e. The van der Waals surface area contributed by atoms with Crippen LogP contribution in [-0.2, 0) is 16.0 Å². The molecule has 24 heavy (non-hydrogen) atoms. The highest BCUT2D eigenvalue weighted by atomic mass is 16.5. The van der Waals surface area contributed by atoms with Crippen LogP contribution < -0.4 is 0 Å². The van der Waals surface area contributed by atoms with Crippen LogP contribution in [0.5, 0.6) is 0 Å². The quantitative estimate of drug-likeness (QED) is 0.895. The summed E-state index contributed by atoms with van der Waals surface area (Å²) in [5, 5.41) is 3.93. The first-order valence-electron chi connectivity index (χ1n) is 8.25. The van der Waals surface area contributed by atoms with Gasteiger partial charge in [0.1, 0.15) is 11.9 Å². The van der Waals surface area contributed by atoms with Gasteiger partial charge in [-0.1, -0.05) is 19.0 Å². The molecular formula is C16H23N5O3. The second-order valence-corrected chi connectivity index (χ2v) is 6.33. The third-order valence-corrected chi connectivity index (χ3v) is 4.04. The van der Waals surface area contributed by atoms with Crippen molar-refractivity contribution in [1.82, 2.24) is 25.0 Å². The summed E-state index contributed by atoms with van der Waals surface area (Å²) in [6.07, 6.45) is 2.54. The predicted molar refractivity (Wildman–Crippen MR) is 85.3 cm³/mol. The minimum absolute atomic E-state index is 0.0432. The molecule has 0 spiro atoms. The third kappa shape index (κ3) is 3.64. The van der Waals surface area contributed by atoms with Crippen molar-refractivity contribution in [1.29, 1.82) is 0 Å². The van der Waals surface area contributed by atoms with Crippen molar-refractivity contribution in [2.45, 2.75) is 45.6 Å². The van der Waals surface area contributed by atoms with Crippen LogP contribution in [0.3, 0.4) is 0 Å². The largest absolute Gasteiger partial charge is 0.377 e. The molecule has 0 radical (unpaired) electrons. The fraction of sp³-hybridized carbons (Fsp3) is 0.625. The number of hydrogen-bond acceptors (Lipinski definition) is 6. The Morgan fingerprint density at radius 1 is 1.50 bits per heavy atom. The zero-order valence-electron chi connectivity index (χ0n) is 14.3. The minimum atomic E-state index is -0.172. The minimum Gasteiger partial charge on any atom is -0.377 e. The Morgan fingerprint density at radius 2 is 2.33 bits per heavy atom. The van der Waals surface area contributed by atoms with Crippen LogP contribution in [0.4, 0.5) is 0 Å². The number of rotatable bonds is 5. The summed E-state index contributed by atoms with van der Waals surface area (Å²) in [6.45, 7) is 7.50. The number of nitrogens with zero attached hydrogens (tertiary/aromatic N) is 4. The number of morpholine rings is 1. The predicted octanol–water partition coefficient (Wildman–Crippen LogP) is 1.76. The zero-order valence-corrected chi connectivity index (χ0v) is 14.3. The zero-order chi connectivity index (χ0) is 17.1. The number of carbonyl (C=O) groups excluding carboxylic acids is 1. The highest BCUT2D eigenvalue weighted by molar-refractivity contribution is 5.76. The first-order chi connectivity index (χ1) is 11.5. The van der Waals surface area contributed by atoms with Crippen molar-refractivity contribution in [3.63, 3.8) is 0 Å². The van der Waals surface area contributed by atoms with E-state index in [1.807, 2.05) is 25.7 Å². The number of aromatic amines is 1. The Labute approximate surface area is 140 Å². The number of nitrogens with one attached hydrogen (secondary N) is 1. The van der Waals surface area contributed by atoms with Crippen LogP contribution in [0.25, 0.3) is 0 Å². The van der Waals surface area contributed by atoms with Gasteiger partial charge in [0, 0.05) is 37.2 Å². The fourth-order valence-electron chi connectivity index (χ4n) is 2.69. The van der Waals surface area contributed by atoms with Crippen molar-refractivity contribution in [2.75, 3.05) is 19.8 Å². The van der Waals surface area contributed by atoms with Crippen molar-refractivity contribution in [3.8, 4) is 0 Å². The molecule has 1 aliphatic rings. The van der Waals surface area contributed by atoms with Gasteiger partial charge in [0.05, 0.1) is 13.2 Å². The SMILES string of the molecule is Cc1cnc(C2COCCN2C(=O)CCc2nc(C(C)C)no2)[nH]1. The van der Waals surface area contributed by atoms with E-state index in [1.54, 1.807) is 6.20 Å². The summed E-state index contributed by atoms with van der Waals surface area (Å²) in [6, 6.07) is -0.172. The summed E-state index contributed by atoms with van der Waals surface area (Å²) >= 11 is 0. The van der Waals surface area contributed by atoms with E-state index in [0.717, 1.165) is 11.5 Å². The molecule has 1 N–H and O–H groups in total. The van der Waals surface area contributed by atoms with E-state index < -0.39 is 0 Å². The van der Waals surface area contributed by atoms with Crippen LogP contribution in [0, 0.1) is 6.92 Å². The molecule has 2 aromatic rings. The van der Waals surface area contributed by atoms with Crippen molar-refractivity contribution in [3.05, 3.63) is 29.4 Å². The lowest BCUT2D eigenvalue weighted by Gasteiger charge is -2.34. The van der Waals surface area contributed by atoms with Crippen molar-refractivity contribution in [2.24, 2.45) is 0 Å². The van der Waals surface area contributed by atoms with E-state index in [2.05, 4.69) is 20.1 Å². The van der Waals surface area contributed by atoms with Crippen LogP contribution in [-0.4, -0.2) is 50.7 Å². The molecule has 0 bridgehead atoms. The molecule has 0 aromatic carbocycles. The van der Waals surface area contributed by atoms with Crippen LogP contribution in [0.15, 0.2) is 10.7 Å². The van der Waals surface area contributed by atoms with Gasteiger partial charge >= 0.3 is 0 Å². The molecule has 1 amide bonds. The second-order valence-electron chi connectivity index (χ2n) is 6.33. The first kappa shape index (κ1) is 16.6. The van der Waals surface area contributed by atoms with Gasteiger partial charge in [-0.15, -0.1) is 0 Å². The molecule has 130 valence electrons. The summed E-state index contributed by atoms with van der Waals surface area (Å²) in [4.78, 5) is 26.3. The summed E-state index contributed by atoms with van der Waals surface area (Å²) < 4.78 is 10.7. The number of amides is 1. The van der Waals surface area contributed by atoms with Crippen LogP contribution in [0.2, 0.25) is 0 Å². The normalized spacial score (nSPS) is 18.3. The van der Waals surface area contributed by atoms with E-state index >= 15 is 0 Å². The lowest BCUT2D eigenvalue weighted by Crippen LogP contribution is -2.44. The number of carbonyl (C=O) groups is 1. The van der Waals surface area contributed by atoms with Gasteiger partial charge in [-0.25, -0.2) is 4.98 Å². The number of aromatic nitrogens is 4. The maximum atomic E-state index is 12.6. The molecule has 8 nitrogen and oxygen atoms in total. The molecule has 3 heterocycles. The molecular weight excluding hydrogens is 310 g/mol. The topological polar surface area (TPSA) is 97.1 Å². The van der Waals surface area contributed by atoms with Crippen LogP contribution in [0.1, 0.15) is 55.5 Å². The standard InChI is InChI=1S/C16H23N5O3/c1-10(2)15-19-13(24-20-15)4-5-14(22)21-6-7-23-9-12(21)16-17-8-11(3)18-16/h8,10,12H,4-7,9H2,1-3H3,(H,17,18). The summed E-state index contributed by atoms with van der Waals surface area (Å²) in [5.41, 5.74) is 0.968. The Balaban J connectivity index is 1.63. The maximum Gasteiger partial charge on any atom is 0.227 e. The summed E-state index contributed by atoms with van der Waals surface area (Å²) in [5.74, 6) is 2.20. The highest BCUT2D eigenvalue weighted by Crippen LogP contribution is 2.23. The van der Waals surface area contributed by atoms with E-state index in [4.69, 9.17) is 9.26 Å². The number of imidazole rings is 1. The molecule has 1 atom stereocenters. The van der Waals surface area contributed by atoms with Gasteiger partial charge in [-0.3, -0.25) is 4.79 Å². The molecule has 1 unspecified atom stereocenters. The molecule has 1 saturated heterocycles. The lowest BCUT2D eigenvalue weighted by atomic mass is 10.1. The molecule has 2 aromatic heterocycles. The number of ether oxygens (including phenoxy) is 1. The number of aryl methyl sites for hydroxylation is 2. The molecule has 0 aliphatic carbocycles. The van der Waals surface area contributed by atoms with Gasteiger partial charge in [0.25, 0.3) is 0 Å². The molecule has 1 aliphatic heterocycles. The monoisotopic (exact) mass is 333 g/mol.